The van der Waals surface area contributed by atoms with E-state index in [1.54, 1.807) is 60.7 Å². The van der Waals surface area contributed by atoms with Crippen molar-refractivity contribution in [1.82, 2.24) is 4.98 Å². The van der Waals surface area contributed by atoms with Gasteiger partial charge in [-0.05, 0) is 30.3 Å². The molecule has 1 amide bonds. The highest BCUT2D eigenvalue weighted by atomic mass is 32.2. The fourth-order valence-corrected chi connectivity index (χ4v) is 4.70. The Balaban J connectivity index is 1.68. The van der Waals surface area contributed by atoms with Gasteiger partial charge in [0.05, 0.1) is 23.2 Å². The average molecular weight is 465 g/mol. The Morgan fingerprint density at radius 2 is 1.76 bits per heavy atom. The van der Waals surface area contributed by atoms with Crippen LogP contribution in [0.4, 0.5) is 11.4 Å². The lowest BCUT2D eigenvalue weighted by molar-refractivity contribution is -0.116. The first-order valence-corrected chi connectivity index (χ1v) is 11.3. The van der Waals surface area contributed by atoms with Gasteiger partial charge in [-0.3, -0.25) is 9.10 Å². The number of carbonyl (C=O) groups is 1. The number of aromatic amines is 1. The summed E-state index contributed by atoms with van der Waals surface area (Å²) in [5, 5.41) is 18.2. The number of amides is 1. The van der Waals surface area contributed by atoms with Gasteiger partial charge in [0.2, 0.25) is 5.88 Å². The van der Waals surface area contributed by atoms with Gasteiger partial charge in [-0.1, -0.05) is 42.5 Å². The summed E-state index contributed by atoms with van der Waals surface area (Å²) in [5.41, 5.74) is 0.954. The van der Waals surface area contributed by atoms with Crippen molar-refractivity contribution in [3.05, 3.63) is 78.9 Å². The molecule has 0 spiro atoms. The predicted octanol–water partition coefficient (Wildman–Crippen LogP) is 4.39. The molecule has 0 saturated carbocycles. The van der Waals surface area contributed by atoms with Crippen LogP contribution in [0, 0.1) is 0 Å². The van der Waals surface area contributed by atoms with Gasteiger partial charge in [-0.25, -0.2) is 8.42 Å². The molecule has 0 aliphatic carbocycles. The van der Waals surface area contributed by atoms with Crippen molar-refractivity contribution in [2.75, 3.05) is 18.0 Å². The zero-order chi connectivity index (χ0) is 23.4. The van der Waals surface area contributed by atoms with E-state index in [1.165, 1.54) is 25.3 Å². The van der Waals surface area contributed by atoms with Crippen molar-refractivity contribution < 1.29 is 23.1 Å². The van der Waals surface area contributed by atoms with Gasteiger partial charge in [0.25, 0.3) is 15.9 Å². The first kappa shape index (κ1) is 22.0. The predicted molar refractivity (Wildman–Crippen MR) is 123 cm³/mol. The molecule has 1 heterocycles. The molecule has 0 bridgehead atoms. The summed E-state index contributed by atoms with van der Waals surface area (Å²) in [5.74, 6) is -0.630. The maximum Gasteiger partial charge on any atom is 0.285 e. The lowest BCUT2D eigenvalue weighted by Gasteiger charge is -2.23. The monoisotopic (exact) mass is 464 g/mol. The third-order valence-corrected chi connectivity index (χ3v) is 6.66. The van der Waals surface area contributed by atoms with Gasteiger partial charge < -0.3 is 14.8 Å². The Bertz CT molecular complexity index is 1430. The molecular formula is C23H20N4O5S. The number of ether oxygens (including phenoxy) is 1. The van der Waals surface area contributed by atoms with E-state index in [9.17, 15) is 18.3 Å². The van der Waals surface area contributed by atoms with Crippen molar-refractivity contribution >= 4 is 38.2 Å². The summed E-state index contributed by atoms with van der Waals surface area (Å²) in [4.78, 5) is 15.5. The number of benzene rings is 3. The minimum absolute atomic E-state index is 0.0202. The van der Waals surface area contributed by atoms with Crippen LogP contribution in [0.1, 0.15) is 0 Å². The molecule has 9 nitrogen and oxygen atoms in total. The Kier molecular flexibility index (Phi) is 6.09. The number of nitrogens with one attached hydrogen (secondary N) is 1. The van der Waals surface area contributed by atoms with Crippen LogP contribution in [-0.2, 0) is 14.8 Å². The number of carbonyl (C=O) groups excluding carboxylic acids is 1. The van der Waals surface area contributed by atoms with E-state index in [2.05, 4.69) is 15.2 Å². The van der Waals surface area contributed by atoms with Gasteiger partial charge in [0, 0.05) is 11.5 Å². The fourth-order valence-electron chi connectivity index (χ4n) is 3.27. The molecule has 33 heavy (non-hydrogen) atoms. The zero-order valence-electron chi connectivity index (χ0n) is 17.5. The van der Waals surface area contributed by atoms with Crippen LogP contribution in [0.25, 0.3) is 10.9 Å². The number of para-hydroxylation sites is 1. The number of sulfonamides is 1. The summed E-state index contributed by atoms with van der Waals surface area (Å²) >= 11 is 0. The smallest absolute Gasteiger partial charge is 0.285 e. The number of rotatable bonds is 7. The lowest BCUT2D eigenvalue weighted by Crippen LogP contribution is -2.35. The molecule has 4 rings (SSSR count). The maximum atomic E-state index is 13.3. The zero-order valence-corrected chi connectivity index (χ0v) is 18.4. The topological polar surface area (TPSA) is 124 Å². The fraction of sp³-hybridized carbons (Fsp3) is 0.0870. The minimum atomic E-state index is -4.09. The SMILES string of the molecule is COc1cccc(N(CC(=O)N=Nc2c(O)[nH]c3ccccc23)S(=O)(=O)c2ccccc2)c1. The summed E-state index contributed by atoms with van der Waals surface area (Å²) in [7, 11) is -2.63. The second-order valence-electron chi connectivity index (χ2n) is 6.99. The highest BCUT2D eigenvalue weighted by Crippen LogP contribution is 2.35. The molecule has 3 aromatic carbocycles. The molecule has 0 radical (unpaired) electrons. The molecule has 0 aliphatic heterocycles. The number of aromatic hydroxyl groups is 1. The van der Waals surface area contributed by atoms with Crippen LogP contribution in [0.3, 0.4) is 0 Å². The van der Waals surface area contributed by atoms with Gasteiger partial charge >= 0.3 is 0 Å². The first-order valence-electron chi connectivity index (χ1n) is 9.86. The van der Waals surface area contributed by atoms with Gasteiger partial charge in [-0.2, -0.15) is 0 Å². The second kappa shape index (κ2) is 9.13. The van der Waals surface area contributed by atoms with Gasteiger partial charge in [-0.15, -0.1) is 10.2 Å². The molecule has 1 aromatic heterocycles. The van der Waals surface area contributed by atoms with Crippen molar-refractivity contribution in [3.63, 3.8) is 0 Å². The van der Waals surface area contributed by atoms with Crippen LogP contribution in [-0.4, -0.2) is 38.1 Å². The van der Waals surface area contributed by atoms with E-state index in [1.807, 2.05) is 0 Å². The lowest BCUT2D eigenvalue weighted by atomic mass is 10.2. The van der Waals surface area contributed by atoms with Crippen LogP contribution in [0.2, 0.25) is 0 Å². The average Bonchev–Trinajstić information content (AvgIpc) is 3.16. The highest BCUT2D eigenvalue weighted by molar-refractivity contribution is 7.92. The Morgan fingerprint density at radius 1 is 1.03 bits per heavy atom. The van der Waals surface area contributed by atoms with Crippen LogP contribution < -0.4 is 9.04 Å². The molecule has 0 unspecified atom stereocenters. The summed E-state index contributed by atoms with van der Waals surface area (Å²) in [6.07, 6.45) is 0. The number of azo groups is 1. The van der Waals surface area contributed by atoms with Crippen LogP contribution in [0.15, 0.2) is 94.0 Å². The molecule has 4 aromatic rings. The standard InChI is InChI=1S/C23H20N4O5S/c1-32-17-9-7-8-16(14-17)27(33(30,31)18-10-3-2-4-11-18)15-21(28)25-26-22-19-12-5-6-13-20(19)24-23(22)29/h2-14,24,29H,15H2,1H3. The third kappa shape index (κ3) is 4.55. The Labute approximate surface area is 190 Å². The summed E-state index contributed by atoms with van der Waals surface area (Å²) in [6, 6.07) is 21.1. The van der Waals surface area contributed by atoms with E-state index in [0.717, 1.165) is 4.31 Å². The number of nitrogens with zero attached hydrogens (tertiary/aromatic N) is 3. The minimum Gasteiger partial charge on any atom is -0.497 e. The molecule has 0 aliphatic rings. The number of methoxy groups -OCH3 is 1. The van der Waals surface area contributed by atoms with E-state index < -0.39 is 22.5 Å². The molecule has 0 saturated heterocycles. The molecule has 168 valence electrons. The van der Waals surface area contributed by atoms with Crippen molar-refractivity contribution in [3.8, 4) is 11.6 Å². The normalized spacial score (nSPS) is 11.7. The number of hydrogen-bond acceptors (Lipinski definition) is 6. The van der Waals surface area contributed by atoms with Crippen molar-refractivity contribution in [2.24, 2.45) is 10.2 Å². The van der Waals surface area contributed by atoms with E-state index >= 15 is 0 Å². The third-order valence-electron chi connectivity index (χ3n) is 4.87. The summed E-state index contributed by atoms with van der Waals surface area (Å²) in [6.45, 7) is -0.600. The highest BCUT2D eigenvalue weighted by Gasteiger charge is 2.27. The van der Waals surface area contributed by atoms with E-state index in [4.69, 9.17) is 4.74 Å². The Hall–Kier alpha value is -4.18. The Morgan fingerprint density at radius 3 is 2.52 bits per heavy atom. The van der Waals surface area contributed by atoms with Crippen molar-refractivity contribution in [1.29, 1.82) is 0 Å². The van der Waals surface area contributed by atoms with E-state index in [0.29, 0.717) is 16.7 Å². The number of anilines is 1. The number of fused-ring (bicyclic) bond motifs is 1. The quantitative estimate of drug-likeness (QED) is 0.393. The molecule has 0 fully saturated rings. The largest absolute Gasteiger partial charge is 0.497 e. The molecule has 10 heteroatoms. The van der Waals surface area contributed by atoms with Crippen LogP contribution in [0.5, 0.6) is 11.6 Å². The van der Waals surface area contributed by atoms with Crippen molar-refractivity contribution in [2.45, 2.75) is 4.90 Å². The first-order chi connectivity index (χ1) is 15.9. The second-order valence-corrected chi connectivity index (χ2v) is 8.85. The molecule has 2 N–H and O–H groups in total. The number of hydrogen-bond donors (Lipinski definition) is 2. The van der Waals surface area contributed by atoms with Crippen LogP contribution >= 0.6 is 0 Å². The molecule has 0 atom stereocenters. The maximum absolute atomic E-state index is 13.3. The summed E-state index contributed by atoms with van der Waals surface area (Å²) < 4.78 is 32.8. The van der Waals surface area contributed by atoms with E-state index in [-0.39, 0.29) is 22.2 Å². The number of H-pyrrole nitrogens is 1. The number of aromatic nitrogens is 1. The molecular weight excluding hydrogens is 444 g/mol. The van der Waals surface area contributed by atoms with Gasteiger partial charge in [0.1, 0.15) is 12.3 Å². The van der Waals surface area contributed by atoms with Gasteiger partial charge in [0.15, 0.2) is 5.69 Å².